The Labute approximate surface area is 139 Å². The van der Waals surface area contributed by atoms with Crippen molar-refractivity contribution >= 4 is 16.8 Å². The second-order valence-electron chi connectivity index (χ2n) is 5.59. The smallest absolute Gasteiger partial charge is 0.224 e. The molecule has 2 N–H and O–H groups in total. The molecule has 0 bridgehead atoms. The molecule has 3 aromatic rings. The highest BCUT2D eigenvalue weighted by atomic mass is 19.1. The van der Waals surface area contributed by atoms with E-state index >= 15 is 0 Å². The van der Waals surface area contributed by atoms with Crippen LogP contribution in [0.5, 0.6) is 5.75 Å². The highest BCUT2D eigenvalue weighted by molar-refractivity contribution is 5.83. The standard InChI is InChI=1S/C19H19FN2O2/c1-24-18-5-3-2-4-13(18)10-19(23)21-9-8-14-12-22-17-7-6-15(20)11-16(14)17/h2-7,11-12,22H,8-10H2,1H3,(H,21,23). The van der Waals surface area contributed by atoms with Gasteiger partial charge in [0.25, 0.3) is 0 Å². The van der Waals surface area contributed by atoms with Crippen LogP contribution in [0.2, 0.25) is 0 Å². The summed E-state index contributed by atoms with van der Waals surface area (Å²) in [5.41, 5.74) is 2.74. The van der Waals surface area contributed by atoms with Crippen LogP contribution >= 0.6 is 0 Å². The third-order valence-corrected chi connectivity index (χ3v) is 3.99. The highest BCUT2D eigenvalue weighted by Crippen LogP contribution is 2.20. The van der Waals surface area contributed by atoms with E-state index in [0.717, 1.165) is 22.0 Å². The third kappa shape index (κ3) is 3.56. The number of nitrogens with one attached hydrogen (secondary N) is 2. The second kappa shape index (κ2) is 7.17. The number of hydrogen-bond donors (Lipinski definition) is 2. The average molecular weight is 326 g/mol. The van der Waals surface area contributed by atoms with E-state index in [4.69, 9.17) is 4.74 Å². The first kappa shape index (κ1) is 16.1. The molecule has 1 heterocycles. The van der Waals surface area contributed by atoms with E-state index in [1.165, 1.54) is 12.1 Å². The van der Waals surface area contributed by atoms with Crippen LogP contribution < -0.4 is 10.1 Å². The Morgan fingerprint density at radius 3 is 2.88 bits per heavy atom. The molecule has 3 rings (SSSR count). The minimum absolute atomic E-state index is 0.0643. The number of carbonyl (C=O) groups excluding carboxylic acids is 1. The van der Waals surface area contributed by atoms with Gasteiger partial charge in [0.05, 0.1) is 13.5 Å². The van der Waals surface area contributed by atoms with Crippen LogP contribution in [0.15, 0.2) is 48.7 Å². The van der Waals surface area contributed by atoms with Crippen LogP contribution in [-0.4, -0.2) is 24.5 Å². The summed E-state index contributed by atoms with van der Waals surface area (Å²) in [7, 11) is 1.59. The van der Waals surface area contributed by atoms with Crippen LogP contribution in [0.25, 0.3) is 10.9 Å². The monoisotopic (exact) mass is 326 g/mol. The quantitative estimate of drug-likeness (QED) is 0.731. The Morgan fingerprint density at radius 1 is 1.21 bits per heavy atom. The molecule has 124 valence electrons. The number of para-hydroxylation sites is 1. The largest absolute Gasteiger partial charge is 0.496 e. The first-order valence-electron chi connectivity index (χ1n) is 7.81. The minimum Gasteiger partial charge on any atom is -0.496 e. The number of benzene rings is 2. The highest BCUT2D eigenvalue weighted by Gasteiger charge is 2.09. The van der Waals surface area contributed by atoms with Crippen molar-refractivity contribution in [3.8, 4) is 5.75 Å². The van der Waals surface area contributed by atoms with Gasteiger partial charge >= 0.3 is 0 Å². The Hall–Kier alpha value is -2.82. The Morgan fingerprint density at radius 2 is 2.04 bits per heavy atom. The SMILES string of the molecule is COc1ccccc1CC(=O)NCCc1c[nH]c2ccc(F)cc12. The van der Waals surface area contributed by atoms with Crippen molar-refractivity contribution in [1.82, 2.24) is 10.3 Å². The predicted molar refractivity (Wildman–Crippen MR) is 91.7 cm³/mol. The molecule has 0 aliphatic rings. The summed E-state index contributed by atoms with van der Waals surface area (Å²) in [6.07, 6.45) is 2.77. The lowest BCUT2D eigenvalue weighted by molar-refractivity contribution is -0.120. The van der Waals surface area contributed by atoms with Crippen LogP contribution in [0.3, 0.4) is 0 Å². The van der Waals surface area contributed by atoms with E-state index in [1.807, 2.05) is 30.5 Å². The molecular formula is C19H19FN2O2. The van der Waals surface area contributed by atoms with Gasteiger partial charge in [-0.05, 0) is 36.2 Å². The minimum atomic E-state index is -0.261. The summed E-state index contributed by atoms with van der Waals surface area (Å²) in [5.74, 6) is 0.383. The first-order valence-corrected chi connectivity index (χ1v) is 7.81. The molecule has 24 heavy (non-hydrogen) atoms. The van der Waals surface area contributed by atoms with Gasteiger partial charge < -0.3 is 15.0 Å². The van der Waals surface area contributed by atoms with Gasteiger partial charge in [-0.1, -0.05) is 18.2 Å². The van der Waals surface area contributed by atoms with Crippen molar-refractivity contribution in [2.24, 2.45) is 0 Å². The number of halogens is 1. The molecule has 0 fully saturated rings. The molecule has 4 nitrogen and oxygen atoms in total. The summed E-state index contributed by atoms with van der Waals surface area (Å²) < 4.78 is 18.6. The van der Waals surface area contributed by atoms with E-state index in [9.17, 15) is 9.18 Å². The molecule has 0 radical (unpaired) electrons. The lowest BCUT2D eigenvalue weighted by Crippen LogP contribution is -2.27. The van der Waals surface area contributed by atoms with Crippen molar-refractivity contribution in [2.75, 3.05) is 13.7 Å². The lowest BCUT2D eigenvalue weighted by Gasteiger charge is -2.08. The van der Waals surface area contributed by atoms with Crippen molar-refractivity contribution in [2.45, 2.75) is 12.8 Å². The van der Waals surface area contributed by atoms with Gasteiger partial charge in [-0.3, -0.25) is 4.79 Å². The molecule has 0 atom stereocenters. The molecule has 0 saturated heterocycles. The van der Waals surface area contributed by atoms with Gasteiger partial charge in [0, 0.05) is 29.2 Å². The summed E-state index contributed by atoms with van der Waals surface area (Å²) in [6, 6.07) is 12.1. The van der Waals surface area contributed by atoms with Crippen molar-refractivity contribution < 1.29 is 13.9 Å². The van der Waals surface area contributed by atoms with E-state index in [-0.39, 0.29) is 18.1 Å². The van der Waals surface area contributed by atoms with Crippen LogP contribution in [-0.2, 0) is 17.6 Å². The molecule has 5 heteroatoms. The summed E-state index contributed by atoms with van der Waals surface area (Å²) >= 11 is 0. The summed E-state index contributed by atoms with van der Waals surface area (Å²) in [4.78, 5) is 15.2. The van der Waals surface area contributed by atoms with E-state index < -0.39 is 0 Å². The Kier molecular flexibility index (Phi) is 4.79. The average Bonchev–Trinajstić information content (AvgIpc) is 2.97. The van der Waals surface area contributed by atoms with E-state index in [1.54, 1.807) is 13.2 Å². The van der Waals surface area contributed by atoms with Crippen molar-refractivity contribution in [3.05, 3.63) is 65.6 Å². The van der Waals surface area contributed by atoms with Gasteiger partial charge in [0.2, 0.25) is 5.91 Å². The maximum Gasteiger partial charge on any atom is 0.224 e. The number of ether oxygens (including phenoxy) is 1. The molecule has 0 unspecified atom stereocenters. The third-order valence-electron chi connectivity index (χ3n) is 3.99. The van der Waals surface area contributed by atoms with E-state index in [0.29, 0.717) is 18.7 Å². The number of fused-ring (bicyclic) bond motifs is 1. The Bertz CT molecular complexity index is 857. The zero-order valence-electron chi connectivity index (χ0n) is 13.4. The van der Waals surface area contributed by atoms with Crippen LogP contribution in [0, 0.1) is 5.82 Å². The normalized spacial score (nSPS) is 10.8. The summed E-state index contributed by atoms with van der Waals surface area (Å²) in [5, 5.41) is 3.75. The maximum atomic E-state index is 13.4. The molecule has 1 aromatic heterocycles. The Balaban J connectivity index is 1.57. The molecule has 0 aliphatic heterocycles. The second-order valence-corrected chi connectivity index (χ2v) is 5.59. The number of carbonyl (C=O) groups is 1. The zero-order valence-corrected chi connectivity index (χ0v) is 13.4. The van der Waals surface area contributed by atoms with Gasteiger partial charge in [0.15, 0.2) is 0 Å². The number of amides is 1. The molecule has 0 saturated carbocycles. The van der Waals surface area contributed by atoms with Crippen molar-refractivity contribution in [3.63, 3.8) is 0 Å². The lowest BCUT2D eigenvalue weighted by atomic mass is 10.1. The first-order chi connectivity index (χ1) is 11.7. The predicted octanol–water partition coefficient (Wildman–Crippen LogP) is 3.22. The van der Waals surface area contributed by atoms with E-state index in [2.05, 4.69) is 10.3 Å². The molecule has 0 aliphatic carbocycles. The number of H-pyrrole nitrogens is 1. The fourth-order valence-electron chi connectivity index (χ4n) is 2.78. The van der Waals surface area contributed by atoms with Gasteiger partial charge in [0.1, 0.15) is 11.6 Å². The molecule has 1 amide bonds. The van der Waals surface area contributed by atoms with Gasteiger partial charge in [-0.25, -0.2) is 4.39 Å². The zero-order chi connectivity index (χ0) is 16.9. The fourth-order valence-corrected chi connectivity index (χ4v) is 2.78. The summed E-state index contributed by atoms with van der Waals surface area (Å²) in [6.45, 7) is 0.497. The fraction of sp³-hybridized carbons (Fsp3) is 0.211. The van der Waals surface area contributed by atoms with Crippen LogP contribution in [0.4, 0.5) is 4.39 Å². The molecule has 0 spiro atoms. The van der Waals surface area contributed by atoms with Crippen LogP contribution in [0.1, 0.15) is 11.1 Å². The number of aromatic nitrogens is 1. The van der Waals surface area contributed by atoms with Gasteiger partial charge in [-0.2, -0.15) is 0 Å². The number of methoxy groups -OCH3 is 1. The number of aromatic amines is 1. The van der Waals surface area contributed by atoms with Gasteiger partial charge in [-0.15, -0.1) is 0 Å². The number of hydrogen-bond acceptors (Lipinski definition) is 2. The molecule has 2 aromatic carbocycles. The number of rotatable bonds is 6. The molecular weight excluding hydrogens is 307 g/mol. The maximum absolute atomic E-state index is 13.4. The van der Waals surface area contributed by atoms with Crippen molar-refractivity contribution in [1.29, 1.82) is 0 Å². The topological polar surface area (TPSA) is 54.1 Å².